The molecule has 20 heavy (non-hydrogen) atoms. The molecule has 1 aromatic heterocycles. The minimum Gasteiger partial charge on any atom is -0.475 e. The molecule has 0 aliphatic heterocycles. The summed E-state index contributed by atoms with van der Waals surface area (Å²) in [6.45, 7) is 7.82. The molecular formula is C14H24N2O4. The lowest BCUT2D eigenvalue weighted by molar-refractivity contribution is 0.0533. The Kier molecular flexibility index (Phi) is 6.54. The first-order valence-corrected chi connectivity index (χ1v) is 6.57. The van der Waals surface area contributed by atoms with E-state index >= 15 is 0 Å². The van der Waals surface area contributed by atoms with Crippen LogP contribution >= 0.6 is 0 Å². The monoisotopic (exact) mass is 284 g/mol. The average Bonchev–Trinajstić information content (AvgIpc) is 2.35. The van der Waals surface area contributed by atoms with E-state index in [4.69, 9.17) is 24.7 Å². The molecular weight excluding hydrogens is 260 g/mol. The molecule has 1 heterocycles. The molecule has 114 valence electrons. The molecule has 1 rings (SSSR count). The minimum atomic E-state index is -0.358. The summed E-state index contributed by atoms with van der Waals surface area (Å²) in [6, 6.07) is 3.43. The van der Waals surface area contributed by atoms with Crippen molar-refractivity contribution in [3.8, 4) is 11.8 Å². The van der Waals surface area contributed by atoms with E-state index in [-0.39, 0.29) is 5.60 Å². The topological polar surface area (TPSA) is 75.8 Å². The van der Waals surface area contributed by atoms with Gasteiger partial charge in [-0.2, -0.15) is 4.98 Å². The van der Waals surface area contributed by atoms with Gasteiger partial charge in [-0.05, 0) is 26.8 Å². The molecule has 6 nitrogen and oxygen atoms in total. The van der Waals surface area contributed by atoms with Gasteiger partial charge in [0.1, 0.15) is 12.2 Å². The van der Waals surface area contributed by atoms with Crippen LogP contribution in [-0.2, 0) is 9.47 Å². The third-order valence-electron chi connectivity index (χ3n) is 2.18. The zero-order chi connectivity index (χ0) is 15.0. The Labute approximate surface area is 120 Å². The van der Waals surface area contributed by atoms with Gasteiger partial charge < -0.3 is 24.7 Å². The number of anilines is 1. The summed E-state index contributed by atoms with van der Waals surface area (Å²) in [7, 11) is 1.63. The van der Waals surface area contributed by atoms with Gasteiger partial charge in [0.2, 0.25) is 11.8 Å². The molecule has 2 N–H and O–H groups in total. The Bertz CT molecular complexity index is 405. The van der Waals surface area contributed by atoms with Crippen LogP contribution in [0.3, 0.4) is 0 Å². The van der Waals surface area contributed by atoms with Crippen molar-refractivity contribution in [2.75, 3.05) is 39.3 Å². The number of ether oxygens (including phenoxy) is 4. The van der Waals surface area contributed by atoms with E-state index in [1.165, 1.54) is 0 Å². The van der Waals surface area contributed by atoms with Crippen LogP contribution in [-0.4, -0.2) is 44.1 Å². The summed E-state index contributed by atoms with van der Waals surface area (Å²) in [6.07, 6.45) is 0. The van der Waals surface area contributed by atoms with E-state index in [1.807, 2.05) is 20.8 Å². The molecule has 0 amide bonds. The molecule has 0 spiro atoms. The van der Waals surface area contributed by atoms with Crippen molar-refractivity contribution in [3.63, 3.8) is 0 Å². The maximum atomic E-state index is 5.82. The largest absolute Gasteiger partial charge is 0.475 e. The molecule has 0 radical (unpaired) electrons. The summed E-state index contributed by atoms with van der Waals surface area (Å²) >= 11 is 0. The number of nitrogens with two attached hydrogens (primary N) is 1. The Hall–Kier alpha value is -1.53. The van der Waals surface area contributed by atoms with E-state index in [0.717, 1.165) is 0 Å². The van der Waals surface area contributed by atoms with Gasteiger partial charge in [-0.1, -0.05) is 0 Å². The highest BCUT2D eigenvalue weighted by atomic mass is 16.5. The van der Waals surface area contributed by atoms with Crippen LogP contribution in [0.4, 0.5) is 5.69 Å². The van der Waals surface area contributed by atoms with Crippen molar-refractivity contribution in [2.24, 2.45) is 0 Å². The van der Waals surface area contributed by atoms with Gasteiger partial charge in [-0.15, -0.1) is 0 Å². The van der Waals surface area contributed by atoms with Crippen LogP contribution in [0.5, 0.6) is 11.8 Å². The van der Waals surface area contributed by atoms with Gasteiger partial charge >= 0.3 is 0 Å². The Morgan fingerprint density at radius 2 is 1.80 bits per heavy atom. The maximum Gasteiger partial charge on any atom is 0.241 e. The number of nitrogens with zero attached hydrogens (tertiary/aromatic N) is 1. The molecule has 0 aliphatic carbocycles. The number of nitrogen functional groups attached to an aromatic ring is 1. The zero-order valence-electron chi connectivity index (χ0n) is 12.6. The highest BCUT2D eigenvalue weighted by Gasteiger charge is 2.15. The fourth-order valence-corrected chi connectivity index (χ4v) is 1.34. The number of methoxy groups -OCH3 is 1. The first-order valence-electron chi connectivity index (χ1n) is 6.57. The van der Waals surface area contributed by atoms with Gasteiger partial charge in [0, 0.05) is 13.2 Å². The Balaban J connectivity index is 2.45. The summed E-state index contributed by atoms with van der Waals surface area (Å²) in [4.78, 5) is 4.24. The van der Waals surface area contributed by atoms with Crippen molar-refractivity contribution in [1.82, 2.24) is 4.98 Å². The highest BCUT2D eigenvalue weighted by molar-refractivity contribution is 5.49. The van der Waals surface area contributed by atoms with Crippen molar-refractivity contribution in [1.29, 1.82) is 0 Å². The first-order chi connectivity index (χ1) is 9.42. The molecule has 1 aromatic rings. The van der Waals surface area contributed by atoms with Crippen LogP contribution in [0.25, 0.3) is 0 Å². The van der Waals surface area contributed by atoms with E-state index < -0.39 is 0 Å². The van der Waals surface area contributed by atoms with E-state index in [9.17, 15) is 0 Å². The summed E-state index contributed by atoms with van der Waals surface area (Å²) in [5, 5.41) is 0. The fraction of sp³-hybridized carbons (Fsp3) is 0.643. The van der Waals surface area contributed by atoms with Crippen molar-refractivity contribution < 1.29 is 18.9 Å². The lowest BCUT2D eigenvalue weighted by Gasteiger charge is -2.21. The first kappa shape index (κ1) is 16.5. The second-order valence-electron chi connectivity index (χ2n) is 5.21. The third kappa shape index (κ3) is 6.58. The number of pyridine rings is 1. The average molecular weight is 284 g/mol. The van der Waals surface area contributed by atoms with Gasteiger partial charge in [0.25, 0.3) is 0 Å². The highest BCUT2D eigenvalue weighted by Crippen LogP contribution is 2.25. The molecule has 0 saturated heterocycles. The smallest absolute Gasteiger partial charge is 0.241 e. The molecule has 6 heteroatoms. The Morgan fingerprint density at radius 3 is 2.45 bits per heavy atom. The van der Waals surface area contributed by atoms with E-state index in [2.05, 4.69) is 4.98 Å². The van der Waals surface area contributed by atoms with Gasteiger partial charge in [-0.25, -0.2) is 0 Å². The Morgan fingerprint density at radius 1 is 1.10 bits per heavy atom. The predicted octanol–water partition coefficient (Wildman–Crippen LogP) is 1.88. The number of hydrogen-bond donors (Lipinski definition) is 1. The second kappa shape index (κ2) is 7.91. The van der Waals surface area contributed by atoms with Gasteiger partial charge in [0.05, 0.1) is 25.5 Å². The number of aromatic nitrogens is 1. The van der Waals surface area contributed by atoms with Crippen LogP contribution in [0.15, 0.2) is 12.1 Å². The van der Waals surface area contributed by atoms with Crippen LogP contribution in [0.1, 0.15) is 20.8 Å². The normalized spacial score (nSPS) is 11.4. The minimum absolute atomic E-state index is 0.358. The molecule has 0 aromatic carbocycles. The SMILES string of the molecule is COCCOCCOc1ccc(N)c(OC(C)(C)C)n1. The molecule has 0 unspecified atom stereocenters. The van der Waals surface area contributed by atoms with Crippen molar-refractivity contribution >= 4 is 5.69 Å². The summed E-state index contributed by atoms with van der Waals surface area (Å²) in [5.41, 5.74) is 5.96. The maximum absolute atomic E-state index is 5.82. The van der Waals surface area contributed by atoms with Crippen molar-refractivity contribution in [3.05, 3.63) is 12.1 Å². The fourth-order valence-electron chi connectivity index (χ4n) is 1.34. The molecule has 0 fully saturated rings. The zero-order valence-corrected chi connectivity index (χ0v) is 12.6. The molecule has 0 atom stereocenters. The van der Waals surface area contributed by atoms with Gasteiger partial charge in [0.15, 0.2) is 0 Å². The van der Waals surface area contributed by atoms with Crippen molar-refractivity contribution in [2.45, 2.75) is 26.4 Å². The van der Waals surface area contributed by atoms with Crippen LogP contribution in [0.2, 0.25) is 0 Å². The van der Waals surface area contributed by atoms with Crippen LogP contribution in [0, 0.1) is 0 Å². The summed E-state index contributed by atoms with van der Waals surface area (Å²) < 4.78 is 21.3. The lowest BCUT2D eigenvalue weighted by atomic mass is 10.2. The second-order valence-corrected chi connectivity index (χ2v) is 5.21. The van der Waals surface area contributed by atoms with Gasteiger partial charge in [-0.3, -0.25) is 0 Å². The summed E-state index contributed by atoms with van der Waals surface area (Å²) in [5.74, 6) is 0.851. The van der Waals surface area contributed by atoms with Crippen LogP contribution < -0.4 is 15.2 Å². The lowest BCUT2D eigenvalue weighted by Crippen LogP contribution is -2.24. The predicted molar refractivity (Wildman–Crippen MR) is 77.2 cm³/mol. The van der Waals surface area contributed by atoms with E-state index in [0.29, 0.717) is 43.9 Å². The third-order valence-corrected chi connectivity index (χ3v) is 2.18. The molecule has 0 saturated carbocycles. The molecule has 0 bridgehead atoms. The standard InChI is InChI=1S/C14H24N2O4/c1-14(2,3)20-13-11(15)5-6-12(16-13)19-10-9-18-8-7-17-4/h5-6H,7-10,15H2,1-4H3. The molecule has 0 aliphatic rings. The number of rotatable bonds is 8. The number of hydrogen-bond acceptors (Lipinski definition) is 6. The van der Waals surface area contributed by atoms with E-state index in [1.54, 1.807) is 19.2 Å². The quantitative estimate of drug-likeness (QED) is 0.735.